The summed E-state index contributed by atoms with van der Waals surface area (Å²) in [5.74, 6) is -0.0308. The summed E-state index contributed by atoms with van der Waals surface area (Å²) in [6.45, 7) is 2.67. The molecule has 0 radical (unpaired) electrons. The number of benzene rings is 2. The number of amides is 1. The Kier molecular flexibility index (Phi) is 7.68. The van der Waals surface area contributed by atoms with E-state index in [1.807, 2.05) is 0 Å². The van der Waals surface area contributed by atoms with Crippen LogP contribution < -0.4 is 5.43 Å². The zero-order valence-corrected chi connectivity index (χ0v) is 19.8. The minimum absolute atomic E-state index is 0.0406. The fraction of sp³-hybridized carbons (Fsp3) is 0.300. The average molecular weight is 574 g/mol. The van der Waals surface area contributed by atoms with E-state index in [-0.39, 0.29) is 17.6 Å². The van der Waals surface area contributed by atoms with E-state index in [1.54, 1.807) is 12.1 Å². The van der Waals surface area contributed by atoms with Gasteiger partial charge in [0.05, 0.1) is 10.7 Å². The highest BCUT2D eigenvalue weighted by molar-refractivity contribution is 9.11. The highest BCUT2D eigenvalue weighted by Crippen LogP contribution is 2.30. The fourth-order valence-electron chi connectivity index (χ4n) is 3.14. The second-order valence-corrected chi connectivity index (χ2v) is 9.42. The second kappa shape index (κ2) is 10.0. The third-order valence-electron chi connectivity index (χ3n) is 4.71. The Morgan fingerprint density at radius 1 is 1.14 bits per heavy atom. The normalized spacial score (nSPS) is 15.8. The molecule has 1 aliphatic rings. The van der Waals surface area contributed by atoms with Gasteiger partial charge in [0.2, 0.25) is 5.91 Å². The van der Waals surface area contributed by atoms with Crippen LogP contribution in [0, 0.1) is 5.92 Å². The van der Waals surface area contributed by atoms with Crippen LogP contribution in [-0.2, 0) is 11.3 Å². The molecule has 0 atom stereocenters. The van der Waals surface area contributed by atoms with Crippen molar-refractivity contribution in [2.75, 3.05) is 13.1 Å². The molecule has 0 aromatic heterocycles. The molecule has 2 aromatic rings. The predicted octanol–water partition coefficient (Wildman–Crippen LogP) is 5.04. The first kappa shape index (κ1) is 21.5. The van der Waals surface area contributed by atoms with Crippen molar-refractivity contribution in [3.8, 4) is 5.75 Å². The van der Waals surface area contributed by atoms with E-state index in [2.05, 4.69) is 87.5 Å². The molecule has 2 aromatic carbocycles. The van der Waals surface area contributed by atoms with Crippen molar-refractivity contribution in [2.24, 2.45) is 11.0 Å². The number of phenolic OH excluding ortho intramolecular Hbond substituents is 1. The van der Waals surface area contributed by atoms with Gasteiger partial charge in [-0.15, -0.1) is 0 Å². The van der Waals surface area contributed by atoms with Crippen molar-refractivity contribution < 1.29 is 9.90 Å². The van der Waals surface area contributed by atoms with Gasteiger partial charge in [-0.25, -0.2) is 5.43 Å². The van der Waals surface area contributed by atoms with Crippen LogP contribution in [0.3, 0.4) is 0 Å². The lowest BCUT2D eigenvalue weighted by molar-refractivity contribution is -0.126. The van der Waals surface area contributed by atoms with Crippen molar-refractivity contribution in [3.05, 3.63) is 60.9 Å². The number of phenols is 1. The molecular weight excluding hydrogens is 554 g/mol. The van der Waals surface area contributed by atoms with Crippen LogP contribution in [0.5, 0.6) is 5.75 Å². The summed E-state index contributed by atoms with van der Waals surface area (Å²) in [4.78, 5) is 14.7. The summed E-state index contributed by atoms with van der Waals surface area (Å²) in [7, 11) is 0. The molecule has 5 nitrogen and oxygen atoms in total. The number of nitrogens with one attached hydrogen (secondary N) is 1. The lowest BCUT2D eigenvalue weighted by atomic mass is 9.96. The number of hydrogen-bond donors (Lipinski definition) is 2. The van der Waals surface area contributed by atoms with Crippen LogP contribution >= 0.6 is 47.8 Å². The van der Waals surface area contributed by atoms with E-state index in [0.717, 1.165) is 41.4 Å². The maximum atomic E-state index is 12.4. The van der Waals surface area contributed by atoms with Crippen molar-refractivity contribution in [1.29, 1.82) is 0 Å². The number of carbonyl (C=O) groups excluding carboxylic acids is 1. The molecular formula is C20H20Br3N3O2. The maximum absolute atomic E-state index is 12.4. The number of halogens is 3. The Morgan fingerprint density at radius 3 is 2.50 bits per heavy atom. The first-order valence-electron chi connectivity index (χ1n) is 8.90. The summed E-state index contributed by atoms with van der Waals surface area (Å²) in [6, 6.07) is 11.8. The molecule has 2 N–H and O–H groups in total. The monoisotopic (exact) mass is 571 g/mol. The quantitative estimate of drug-likeness (QED) is 0.389. The highest BCUT2D eigenvalue weighted by Gasteiger charge is 2.24. The molecule has 0 aliphatic carbocycles. The molecule has 28 heavy (non-hydrogen) atoms. The Balaban J connectivity index is 1.48. The van der Waals surface area contributed by atoms with Gasteiger partial charge < -0.3 is 5.11 Å². The number of hydrogen-bond acceptors (Lipinski definition) is 4. The van der Waals surface area contributed by atoms with Gasteiger partial charge in [-0.3, -0.25) is 9.69 Å². The summed E-state index contributed by atoms with van der Waals surface area (Å²) in [6.07, 6.45) is 3.07. The van der Waals surface area contributed by atoms with E-state index >= 15 is 0 Å². The van der Waals surface area contributed by atoms with Gasteiger partial charge in [0.25, 0.3) is 0 Å². The topological polar surface area (TPSA) is 64.9 Å². The molecule has 8 heteroatoms. The largest absolute Gasteiger partial charge is 0.506 e. The molecule has 0 unspecified atom stereocenters. The Hall–Kier alpha value is -1.22. The summed E-state index contributed by atoms with van der Waals surface area (Å²) >= 11 is 10.1. The molecule has 0 bridgehead atoms. The van der Waals surface area contributed by atoms with E-state index in [9.17, 15) is 9.90 Å². The Bertz CT molecular complexity index is 864. The van der Waals surface area contributed by atoms with Gasteiger partial charge >= 0.3 is 0 Å². The smallest absolute Gasteiger partial charge is 0.243 e. The highest BCUT2D eigenvalue weighted by atomic mass is 79.9. The van der Waals surface area contributed by atoms with Crippen molar-refractivity contribution in [1.82, 2.24) is 10.3 Å². The van der Waals surface area contributed by atoms with Gasteiger partial charge in [0.1, 0.15) is 5.75 Å². The van der Waals surface area contributed by atoms with E-state index in [1.165, 1.54) is 11.8 Å². The minimum atomic E-state index is -0.0758. The van der Waals surface area contributed by atoms with Crippen molar-refractivity contribution >= 4 is 59.9 Å². The zero-order valence-electron chi connectivity index (χ0n) is 15.0. The van der Waals surface area contributed by atoms with Gasteiger partial charge in [-0.2, -0.15) is 5.10 Å². The number of piperidine rings is 1. The third kappa shape index (κ3) is 5.89. The summed E-state index contributed by atoms with van der Waals surface area (Å²) in [5, 5.41) is 14.0. The second-order valence-electron chi connectivity index (χ2n) is 6.74. The predicted molar refractivity (Wildman–Crippen MR) is 121 cm³/mol. The number of aromatic hydroxyl groups is 1. The average Bonchev–Trinajstić information content (AvgIpc) is 2.68. The lowest BCUT2D eigenvalue weighted by Crippen LogP contribution is -2.39. The van der Waals surface area contributed by atoms with Crippen LogP contribution in [0.15, 0.2) is 54.9 Å². The van der Waals surface area contributed by atoms with Crippen LogP contribution in [-0.4, -0.2) is 35.2 Å². The van der Waals surface area contributed by atoms with E-state index in [4.69, 9.17) is 0 Å². The first-order chi connectivity index (χ1) is 13.4. The molecule has 148 valence electrons. The van der Waals surface area contributed by atoms with Gasteiger partial charge in [-0.1, -0.05) is 44.0 Å². The number of hydrazone groups is 1. The van der Waals surface area contributed by atoms with E-state index in [0.29, 0.717) is 10.0 Å². The fourth-order valence-corrected chi connectivity index (χ4v) is 4.66. The molecule has 1 heterocycles. The third-order valence-corrected chi connectivity index (χ3v) is 6.30. The van der Waals surface area contributed by atoms with Gasteiger partial charge in [0.15, 0.2) is 0 Å². The first-order valence-corrected chi connectivity index (χ1v) is 11.3. The van der Waals surface area contributed by atoms with Crippen LogP contribution in [0.1, 0.15) is 24.0 Å². The van der Waals surface area contributed by atoms with Crippen molar-refractivity contribution in [3.63, 3.8) is 0 Å². The SMILES string of the molecule is O=C(NN=Cc1cc(Br)cc(Br)c1O)C1CCN(Cc2ccc(Br)cc2)CC1. The minimum Gasteiger partial charge on any atom is -0.506 e. The Morgan fingerprint density at radius 2 is 1.82 bits per heavy atom. The Labute approximate surface area is 189 Å². The van der Waals surface area contributed by atoms with Gasteiger partial charge in [0, 0.05) is 27.0 Å². The molecule has 1 aliphatic heterocycles. The molecule has 3 rings (SSSR count). The molecule has 1 saturated heterocycles. The molecule has 1 fully saturated rings. The lowest BCUT2D eigenvalue weighted by Gasteiger charge is -2.30. The van der Waals surface area contributed by atoms with Crippen LogP contribution in [0.2, 0.25) is 0 Å². The van der Waals surface area contributed by atoms with Crippen LogP contribution in [0.4, 0.5) is 0 Å². The molecule has 1 amide bonds. The number of rotatable bonds is 5. The number of likely N-dealkylation sites (tertiary alicyclic amines) is 1. The summed E-state index contributed by atoms with van der Waals surface area (Å²) in [5.41, 5.74) is 4.40. The standard InChI is InChI=1S/C20H20Br3N3O2/c21-16-3-1-13(2-4-16)12-26-7-5-14(6-8-26)20(28)25-24-11-15-9-17(22)10-18(23)19(15)27/h1-4,9-11,14,27H,5-8,12H2,(H,25,28). The van der Waals surface area contributed by atoms with E-state index < -0.39 is 0 Å². The van der Waals surface area contributed by atoms with Crippen molar-refractivity contribution in [2.45, 2.75) is 19.4 Å². The molecule has 0 saturated carbocycles. The number of nitrogens with zero attached hydrogens (tertiary/aromatic N) is 2. The zero-order chi connectivity index (χ0) is 20.1. The molecule has 0 spiro atoms. The summed E-state index contributed by atoms with van der Waals surface area (Å²) < 4.78 is 2.45. The maximum Gasteiger partial charge on any atom is 0.243 e. The van der Waals surface area contributed by atoms with Gasteiger partial charge in [-0.05, 0) is 71.7 Å². The number of carbonyl (C=O) groups is 1. The van der Waals surface area contributed by atoms with Crippen LogP contribution in [0.25, 0.3) is 0 Å².